The summed E-state index contributed by atoms with van der Waals surface area (Å²) in [7, 11) is 0. The van der Waals surface area contributed by atoms with E-state index in [9.17, 15) is 22.7 Å². The summed E-state index contributed by atoms with van der Waals surface area (Å²) >= 11 is 0. The molecular formula is C16H20F4O. The van der Waals surface area contributed by atoms with Crippen molar-refractivity contribution in [2.75, 3.05) is 0 Å². The van der Waals surface area contributed by atoms with Crippen molar-refractivity contribution in [3.63, 3.8) is 0 Å². The van der Waals surface area contributed by atoms with E-state index in [1.807, 2.05) is 6.92 Å². The van der Waals surface area contributed by atoms with Crippen molar-refractivity contribution < 1.29 is 22.7 Å². The highest BCUT2D eigenvalue weighted by molar-refractivity contribution is 5.32. The first-order valence-electron chi connectivity index (χ1n) is 7.25. The van der Waals surface area contributed by atoms with E-state index in [0.717, 1.165) is 18.6 Å². The topological polar surface area (TPSA) is 20.2 Å². The molecule has 21 heavy (non-hydrogen) atoms. The zero-order valence-electron chi connectivity index (χ0n) is 12.1. The van der Waals surface area contributed by atoms with Crippen LogP contribution in [0.3, 0.4) is 0 Å². The average molecular weight is 304 g/mol. The molecule has 2 rings (SSSR count). The van der Waals surface area contributed by atoms with E-state index >= 15 is 0 Å². The van der Waals surface area contributed by atoms with Crippen molar-refractivity contribution in [2.24, 2.45) is 17.8 Å². The van der Waals surface area contributed by atoms with E-state index < -0.39 is 23.7 Å². The largest absolute Gasteiger partial charge is 0.416 e. The molecule has 0 spiro atoms. The molecule has 0 aliphatic heterocycles. The molecule has 1 nitrogen and oxygen atoms in total. The van der Waals surface area contributed by atoms with Crippen LogP contribution >= 0.6 is 0 Å². The Morgan fingerprint density at radius 3 is 2.38 bits per heavy atom. The number of alkyl halides is 3. The number of aliphatic hydroxyl groups excluding tert-OH is 1. The van der Waals surface area contributed by atoms with Gasteiger partial charge in [0, 0.05) is 0 Å². The minimum atomic E-state index is -4.59. The van der Waals surface area contributed by atoms with Gasteiger partial charge in [0.2, 0.25) is 0 Å². The van der Waals surface area contributed by atoms with E-state index in [2.05, 4.69) is 6.92 Å². The van der Waals surface area contributed by atoms with Gasteiger partial charge in [0.1, 0.15) is 5.82 Å². The van der Waals surface area contributed by atoms with Crippen molar-refractivity contribution in [3.8, 4) is 0 Å². The summed E-state index contributed by atoms with van der Waals surface area (Å²) in [6.45, 7) is 4.15. The molecule has 1 aromatic rings. The molecule has 5 heteroatoms. The van der Waals surface area contributed by atoms with E-state index in [1.54, 1.807) is 0 Å². The summed E-state index contributed by atoms with van der Waals surface area (Å²) in [5.74, 6) is -0.155. The van der Waals surface area contributed by atoms with Crippen LogP contribution in [0.2, 0.25) is 0 Å². The molecular weight excluding hydrogens is 284 g/mol. The van der Waals surface area contributed by atoms with E-state index in [-0.39, 0.29) is 11.5 Å². The molecule has 1 N–H and O–H groups in total. The fourth-order valence-electron chi connectivity index (χ4n) is 3.17. The monoisotopic (exact) mass is 304 g/mol. The summed E-state index contributed by atoms with van der Waals surface area (Å²) < 4.78 is 52.4. The molecule has 0 saturated heterocycles. The van der Waals surface area contributed by atoms with Gasteiger partial charge in [-0.3, -0.25) is 0 Å². The van der Waals surface area contributed by atoms with Gasteiger partial charge in [0.15, 0.2) is 0 Å². The van der Waals surface area contributed by atoms with Gasteiger partial charge in [-0.25, -0.2) is 4.39 Å². The highest BCUT2D eigenvalue weighted by Crippen LogP contribution is 2.43. The summed E-state index contributed by atoms with van der Waals surface area (Å²) in [5.41, 5.74) is -1.28. The second-order valence-corrected chi connectivity index (χ2v) is 6.20. The number of hydrogen-bond donors (Lipinski definition) is 1. The van der Waals surface area contributed by atoms with Gasteiger partial charge in [-0.05, 0) is 54.4 Å². The van der Waals surface area contributed by atoms with Gasteiger partial charge in [-0.1, -0.05) is 20.3 Å². The van der Waals surface area contributed by atoms with Crippen molar-refractivity contribution in [2.45, 2.75) is 45.4 Å². The van der Waals surface area contributed by atoms with Crippen molar-refractivity contribution in [3.05, 3.63) is 35.1 Å². The fraction of sp³-hybridized carbons (Fsp3) is 0.625. The number of rotatable bonds is 2. The Labute approximate surface area is 122 Å². The first kappa shape index (κ1) is 16.3. The second kappa shape index (κ2) is 5.95. The van der Waals surface area contributed by atoms with Crippen molar-refractivity contribution in [1.29, 1.82) is 0 Å². The predicted molar refractivity (Wildman–Crippen MR) is 72.0 cm³/mol. The van der Waals surface area contributed by atoms with Crippen LogP contribution in [-0.2, 0) is 6.18 Å². The Hall–Kier alpha value is -1.10. The molecule has 1 aliphatic carbocycles. The Balaban J connectivity index is 2.30. The molecule has 1 fully saturated rings. The first-order valence-corrected chi connectivity index (χ1v) is 7.25. The summed E-state index contributed by atoms with van der Waals surface area (Å²) in [4.78, 5) is 0. The summed E-state index contributed by atoms with van der Waals surface area (Å²) in [6, 6.07) is 2.31. The molecule has 1 aromatic carbocycles. The van der Waals surface area contributed by atoms with Crippen LogP contribution in [0, 0.1) is 23.6 Å². The zero-order valence-corrected chi connectivity index (χ0v) is 12.1. The SMILES string of the molecule is CC1CCC(C(O)c2cc(F)ccc2C(F)(F)F)CC1C. The van der Waals surface area contributed by atoms with Crippen molar-refractivity contribution >= 4 is 0 Å². The molecule has 0 amide bonds. The third-order valence-corrected chi connectivity index (χ3v) is 4.72. The van der Waals surface area contributed by atoms with Crippen LogP contribution in [-0.4, -0.2) is 5.11 Å². The smallest absolute Gasteiger partial charge is 0.388 e. The molecule has 4 atom stereocenters. The van der Waals surface area contributed by atoms with E-state index in [1.165, 1.54) is 0 Å². The van der Waals surface area contributed by atoms with Crippen LogP contribution in [0.4, 0.5) is 17.6 Å². The lowest BCUT2D eigenvalue weighted by molar-refractivity contribution is -0.139. The Bertz CT molecular complexity index is 498. The lowest BCUT2D eigenvalue weighted by Gasteiger charge is -2.35. The van der Waals surface area contributed by atoms with Crippen LogP contribution in [0.15, 0.2) is 18.2 Å². The Morgan fingerprint density at radius 1 is 1.14 bits per heavy atom. The predicted octanol–water partition coefficient (Wildman–Crippen LogP) is 4.95. The summed E-state index contributed by atoms with van der Waals surface area (Å²) in [6.07, 6.45) is -3.65. The quantitative estimate of drug-likeness (QED) is 0.766. The van der Waals surface area contributed by atoms with Gasteiger partial charge < -0.3 is 5.11 Å². The Kier molecular flexibility index (Phi) is 4.61. The number of hydrogen-bond acceptors (Lipinski definition) is 1. The number of halogens is 4. The number of aliphatic hydroxyl groups is 1. The minimum Gasteiger partial charge on any atom is -0.388 e. The maximum Gasteiger partial charge on any atom is 0.416 e. The van der Waals surface area contributed by atoms with Gasteiger partial charge in [0.25, 0.3) is 0 Å². The molecule has 1 saturated carbocycles. The minimum absolute atomic E-state index is 0.251. The van der Waals surface area contributed by atoms with Gasteiger partial charge in [-0.15, -0.1) is 0 Å². The Morgan fingerprint density at radius 2 is 1.81 bits per heavy atom. The number of benzene rings is 1. The second-order valence-electron chi connectivity index (χ2n) is 6.20. The zero-order chi connectivity index (χ0) is 15.8. The highest BCUT2D eigenvalue weighted by Gasteiger charge is 2.38. The van der Waals surface area contributed by atoms with Crippen LogP contribution < -0.4 is 0 Å². The fourth-order valence-corrected chi connectivity index (χ4v) is 3.17. The molecule has 4 unspecified atom stereocenters. The molecule has 0 bridgehead atoms. The highest BCUT2D eigenvalue weighted by atomic mass is 19.4. The van der Waals surface area contributed by atoms with E-state index in [4.69, 9.17) is 0 Å². The summed E-state index contributed by atoms with van der Waals surface area (Å²) in [5, 5.41) is 10.4. The molecule has 0 radical (unpaired) electrons. The normalized spacial score (nSPS) is 28.4. The molecule has 0 aromatic heterocycles. The average Bonchev–Trinajstić information content (AvgIpc) is 2.39. The lowest BCUT2D eigenvalue weighted by Crippen LogP contribution is -2.26. The van der Waals surface area contributed by atoms with Crippen LogP contribution in [0.5, 0.6) is 0 Å². The molecule has 118 valence electrons. The molecule has 0 heterocycles. The lowest BCUT2D eigenvalue weighted by atomic mass is 9.72. The molecule has 1 aliphatic rings. The van der Waals surface area contributed by atoms with Crippen LogP contribution in [0.25, 0.3) is 0 Å². The maximum atomic E-state index is 13.3. The van der Waals surface area contributed by atoms with Crippen molar-refractivity contribution in [1.82, 2.24) is 0 Å². The van der Waals surface area contributed by atoms with E-state index in [0.29, 0.717) is 30.7 Å². The first-order chi connectivity index (χ1) is 9.70. The third kappa shape index (κ3) is 3.57. The third-order valence-electron chi connectivity index (χ3n) is 4.72. The van der Waals surface area contributed by atoms with Gasteiger partial charge in [0.05, 0.1) is 11.7 Å². The van der Waals surface area contributed by atoms with Gasteiger partial charge >= 0.3 is 6.18 Å². The maximum absolute atomic E-state index is 13.3. The van der Waals surface area contributed by atoms with Crippen LogP contribution in [0.1, 0.15) is 50.3 Å². The van der Waals surface area contributed by atoms with Gasteiger partial charge in [-0.2, -0.15) is 13.2 Å². The standard InChI is InChI=1S/C16H20F4O/c1-9-3-4-11(7-10(9)2)15(21)13-8-12(17)5-6-14(13)16(18,19)20/h5-6,8-11,15,21H,3-4,7H2,1-2H3.